The average Bonchev–Trinajstić information content (AvgIpc) is 2.20. The average molecular weight is 193 g/mol. The molecule has 0 atom stereocenters. The van der Waals surface area contributed by atoms with Crippen molar-refractivity contribution in [3.63, 3.8) is 0 Å². The Labute approximate surface area is 84.2 Å². The normalized spacial score (nSPS) is 9.86. The van der Waals surface area contributed by atoms with Gasteiger partial charge in [0.25, 0.3) is 0 Å². The van der Waals surface area contributed by atoms with Crippen LogP contribution in [-0.4, -0.2) is 19.6 Å². The smallest absolute Gasteiger partial charge is 0.213 e. The summed E-state index contributed by atoms with van der Waals surface area (Å²) in [6, 6.07) is 7.61. The van der Waals surface area contributed by atoms with Crippen LogP contribution < -0.4 is 0 Å². The monoisotopic (exact) mass is 193 g/mol. The van der Waals surface area contributed by atoms with Crippen molar-refractivity contribution in [2.75, 3.05) is 13.7 Å². The van der Waals surface area contributed by atoms with Crippen LogP contribution in [0.3, 0.4) is 0 Å². The molecule has 0 aromatic heterocycles. The van der Waals surface area contributed by atoms with Crippen LogP contribution in [0, 0.1) is 5.41 Å². The Balaban J connectivity index is 2.67. The van der Waals surface area contributed by atoms with Gasteiger partial charge in [-0.3, -0.25) is 5.41 Å². The summed E-state index contributed by atoms with van der Waals surface area (Å²) in [6.45, 7) is 2.99. The van der Waals surface area contributed by atoms with Gasteiger partial charge < -0.3 is 9.47 Å². The topological polar surface area (TPSA) is 42.3 Å². The molecule has 0 aliphatic heterocycles. The van der Waals surface area contributed by atoms with Gasteiger partial charge in [0.2, 0.25) is 5.90 Å². The molecule has 0 heterocycles. The molecule has 0 fully saturated rings. The lowest BCUT2D eigenvalue weighted by Crippen LogP contribution is -2.04. The third kappa shape index (κ3) is 2.85. The van der Waals surface area contributed by atoms with Crippen molar-refractivity contribution in [2.45, 2.75) is 13.5 Å². The zero-order chi connectivity index (χ0) is 10.4. The maximum Gasteiger partial charge on any atom is 0.213 e. The largest absolute Gasteiger partial charge is 0.478 e. The summed E-state index contributed by atoms with van der Waals surface area (Å²) in [7, 11) is 1.66. The number of hydrogen-bond acceptors (Lipinski definition) is 3. The molecule has 0 aliphatic rings. The van der Waals surface area contributed by atoms with Crippen molar-refractivity contribution in [1.29, 1.82) is 5.41 Å². The van der Waals surface area contributed by atoms with Crippen LogP contribution in [0.4, 0.5) is 0 Å². The highest BCUT2D eigenvalue weighted by molar-refractivity contribution is 5.91. The van der Waals surface area contributed by atoms with Gasteiger partial charge in [-0.1, -0.05) is 12.1 Å². The highest BCUT2D eigenvalue weighted by Gasteiger charge is 2.00. The van der Waals surface area contributed by atoms with Gasteiger partial charge in [0.15, 0.2) is 0 Å². The predicted octanol–water partition coefficient (Wildman–Crippen LogP) is 2.19. The van der Waals surface area contributed by atoms with Crippen molar-refractivity contribution in [1.82, 2.24) is 0 Å². The summed E-state index contributed by atoms with van der Waals surface area (Å²) in [5.74, 6) is 0.219. The first-order valence-electron chi connectivity index (χ1n) is 4.57. The molecule has 0 saturated carbocycles. The molecule has 3 heteroatoms. The van der Waals surface area contributed by atoms with Crippen molar-refractivity contribution >= 4 is 5.90 Å². The first-order valence-corrected chi connectivity index (χ1v) is 4.57. The number of hydrogen-bond donors (Lipinski definition) is 1. The quantitative estimate of drug-likeness (QED) is 0.588. The number of nitrogens with one attached hydrogen (secondary N) is 1. The standard InChI is InChI=1S/C11H15NO2/c1-3-14-11(12)10-6-4-9(5-7-10)8-13-2/h4-7,12H,3,8H2,1-2H3. The maximum atomic E-state index is 7.55. The fourth-order valence-corrected chi connectivity index (χ4v) is 1.15. The van der Waals surface area contributed by atoms with E-state index in [1.165, 1.54) is 0 Å². The van der Waals surface area contributed by atoms with E-state index in [1.54, 1.807) is 7.11 Å². The van der Waals surface area contributed by atoms with Gasteiger partial charge in [-0.25, -0.2) is 0 Å². The Morgan fingerprint density at radius 1 is 1.29 bits per heavy atom. The second-order valence-electron chi connectivity index (χ2n) is 2.89. The van der Waals surface area contributed by atoms with Crippen molar-refractivity contribution in [2.24, 2.45) is 0 Å². The van der Waals surface area contributed by atoms with E-state index < -0.39 is 0 Å². The molecular weight excluding hydrogens is 178 g/mol. The van der Waals surface area contributed by atoms with E-state index >= 15 is 0 Å². The van der Waals surface area contributed by atoms with E-state index in [0.29, 0.717) is 13.2 Å². The molecule has 0 radical (unpaired) electrons. The highest BCUT2D eigenvalue weighted by Crippen LogP contribution is 2.06. The Morgan fingerprint density at radius 3 is 2.43 bits per heavy atom. The molecule has 0 saturated heterocycles. The van der Waals surface area contributed by atoms with Crippen LogP contribution in [0.25, 0.3) is 0 Å². The molecule has 1 rings (SSSR count). The molecule has 0 unspecified atom stereocenters. The van der Waals surface area contributed by atoms with Gasteiger partial charge in [0.05, 0.1) is 13.2 Å². The van der Waals surface area contributed by atoms with Crippen LogP contribution >= 0.6 is 0 Å². The molecule has 76 valence electrons. The van der Waals surface area contributed by atoms with Gasteiger partial charge in [-0.05, 0) is 24.6 Å². The van der Waals surface area contributed by atoms with Crippen LogP contribution in [0.15, 0.2) is 24.3 Å². The minimum Gasteiger partial charge on any atom is -0.478 e. The third-order valence-corrected chi connectivity index (χ3v) is 1.82. The molecule has 1 N–H and O–H groups in total. The first-order chi connectivity index (χ1) is 6.77. The van der Waals surface area contributed by atoms with Gasteiger partial charge in [-0.2, -0.15) is 0 Å². The summed E-state index contributed by atoms with van der Waals surface area (Å²) >= 11 is 0. The Bertz CT molecular complexity index is 293. The lowest BCUT2D eigenvalue weighted by molar-refractivity contribution is 0.185. The zero-order valence-electron chi connectivity index (χ0n) is 8.54. The number of rotatable bonds is 4. The lowest BCUT2D eigenvalue weighted by Gasteiger charge is -2.05. The molecule has 0 spiro atoms. The van der Waals surface area contributed by atoms with E-state index in [1.807, 2.05) is 31.2 Å². The van der Waals surface area contributed by atoms with Crippen LogP contribution in [0.2, 0.25) is 0 Å². The second-order valence-corrected chi connectivity index (χ2v) is 2.89. The summed E-state index contributed by atoms with van der Waals surface area (Å²) in [4.78, 5) is 0. The fraction of sp³-hybridized carbons (Fsp3) is 0.364. The van der Waals surface area contributed by atoms with E-state index in [0.717, 1.165) is 11.1 Å². The highest BCUT2D eigenvalue weighted by atomic mass is 16.5. The fourth-order valence-electron chi connectivity index (χ4n) is 1.15. The van der Waals surface area contributed by atoms with Crippen molar-refractivity contribution < 1.29 is 9.47 Å². The molecular formula is C11H15NO2. The molecule has 0 amide bonds. The maximum absolute atomic E-state index is 7.55. The summed E-state index contributed by atoms with van der Waals surface area (Å²) in [5.41, 5.74) is 1.90. The van der Waals surface area contributed by atoms with E-state index in [-0.39, 0.29) is 5.90 Å². The molecule has 3 nitrogen and oxygen atoms in total. The van der Waals surface area contributed by atoms with Gasteiger partial charge >= 0.3 is 0 Å². The van der Waals surface area contributed by atoms with Gasteiger partial charge in [-0.15, -0.1) is 0 Å². The Morgan fingerprint density at radius 2 is 1.93 bits per heavy atom. The minimum absolute atomic E-state index is 0.219. The minimum atomic E-state index is 0.219. The molecule has 14 heavy (non-hydrogen) atoms. The zero-order valence-corrected chi connectivity index (χ0v) is 8.54. The van der Waals surface area contributed by atoms with E-state index in [2.05, 4.69) is 0 Å². The second kappa shape index (κ2) is 5.40. The van der Waals surface area contributed by atoms with Crippen LogP contribution in [0.1, 0.15) is 18.1 Å². The van der Waals surface area contributed by atoms with Gasteiger partial charge in [0, 0.05) is 12.7 Å². The van der Waals surface area contributed by atoms with Crippen molar-refractivity contribution in [3.05, 3.63) is 35.4 Å². The summed E-state index contributed by atoms with van der Waals surface area (Å²) in [6.07, 6.45) is 0. The SMILES string of the molecule is CCOC(=N)c1ccc(COC)cc1. The number of ether oxygens (including phenoxy) is 2. The van der Waals surface area contributed by atoms with Crippen LogP contribution in [-0.2, 0) is 16.1 Å². The lowest BCUT2D eigenvalue weighted by atomic mass is 10.1. The third-order valence-electron chi connectivity index (χ3n) is 1.82. The van der Waals surface area contributed by atoms with Crippen LogP contribution in [0.5, 0.6) is 0 Å². The molecule has 0 bridgehead atoms. The van der Waals surface area contributed by atoms with E-state index in [9.17, 15) is 0 Å². The predicted molar refractivity (Wildman–Crippen MR) is 55.6 cm³/mol. The first kappa shape index (κ1) is 10.7. The summed E-state index contributed by atoms with van der Waals surface area (Å²) in [5, 5.41) is 7.55. The van der Waals surface area contributed by atoms with Gasteiger partial charge in [0.1, 0.15) is 0 Å². The number of benzene rings is 1. The Kier molecular flexibility index (Phi) is 4.13. The molecule has 1 aromatic carbocycles. The van der Waals surface area contributed by atoms with E-state index in [4.69, 9.17) is 14.9 Å². The number of methoxy groups -OCH3 is 1. The molecule has 1 aromatic rings. The molecule has 0 aliphatic carbocycles. The summed E-state index contributed by atoms with van der Waals surface area (Å²) < 4.78 is 10.1. The van der Waals surface area contributed by atoms with Crippen molar-refractivity contribution in [3.8, 4) is 0 Å². The Hall–Kier alpha value is -1.35.